The molecule has 1 atom stereocenters. The Bertz CT molecular complexity index is 1100. The molecule has 0 heterocycles. The Labute approximate surface area is 202 Å². The first kappa shape index (κ1) is 25.1. The lowest BCUT2D eigenvalue weighted by Gasteiger charge is -2.18. The number of rotatable bonds is 9. The van der Waals surface area contributed by atoms with Crippen molar-refractivity contribution in [3.8, 4) is 0 Å². The predicted molar refractivity (Wildman–Crippen MR) is 139 cm³/mol. The molecule has 0 unspecified atom stereocenters. The average molecular weight is 459 g/mol. The van der Waals surface area contributed by atoms with Crippen molar-refractivity contribution in [2.45, 2.75) is 40.2 Å². The van der Waals surface area contributed by atoms with E-state index in [4.69, 9.17) is 10.5 Å². The number of anilines is 1. The standard InChI is InChI=1S/C29H34N2O3/c1-20-14-24(17-27(30)15-20)19-34-13-5-4-6-22(3)31-29(33)18-23-7-9-25(10-8-23)26-11-12-28(32)21(2)16-26/h4-12,14-15,17,21,32H,13,16,18-19,30H2,1-3H3,(H,31,33)/b5-4-,22-6+/t21-/m1/s1. The zero-order valence-electron chi connectivity index (χ0n) is 20.2. The molecule has 5 nitrogen and oxygen atoms in total. The first-order valence-electron chi connectivity index (χ1n) is 11.6. The number of ether oxygens (including phenoxy) is 1. The van der Waals surface area contributed by atoms with Gasteiger partial charge in [0.1, 0.15) is 0 Å². The Morgan fingerprint density at radius 1 is 1.18 bits per heavy atom. The quantitative estimate of drug-likeness (QED) is 0.253. The molecule has 2 aromatic rings. The van der Waals surface area contributed by atoms with Crippen LogP contribution in [0.25, 0.3) is 5.57 Å². The van der Waals surface area contributed by atoms with Crippen molar-refractivity contribution in [2.24, 2.45) is 5.92 Å². The zero-order valence-corrected chi connectivity index (χ0v) is 20.2. The van der Waals surface area contributed by atoms with E-state index in [-0.39, 0.29) is 11.8 Å². The summed E-state index contributed by atoms with van der Waals surface area (Å²) in [6.45, 7) is 6.86. The molecule has 178 valence electrons. The van der Waals surface area contributed by atoms with Gasteiger partial charge in [0.05, 0.1) is 25.4 Å². The molecule has 0 spiro atoms. The van der Waals surface area contributed by atoms with Crippen LogP contribution in [0.4, 0.5) is 5.69 Å². The summed E-state index contributed by atoms with van der Waals surface area (Å²) in [4.78, 5) is 12.4. The van der Waals surface area contributed by atoms with Crippen LogP contribution in [0.3, 0.4) is 0 Å². The number of hydrogen-bond donors (Lipinski definition) is 3. The summed E-state index contributed by atoms with van der Waals surface area (Å²) in [5, 5.41) is 12.7. The van der Waals surface area contributed by atoms with Gasteiger partial charge in [-0.25, -0.2) is 0 Å². The highest BCUT2D eigenvalue weighted by atomic mass is 16.5. The maximum atomic E-state index is 12.4. The minimum Gasteiger partial charge on any atom is -0.512 e. The van der Waals surface area contributed by atoms with E-state index in [1.807, 2.05) is 81.5 Å². The molecule has 0 aromatic heterocycles. The number of nitrogens with one attached hydrogen (secondary N) is 1. The van der Waals surface area contributed by atoms with Gasteiger partial charge in [0, 0.05) is 17.3 Å². The number of carbonyl (C=O) groups excluding carboxylic acids is 1. The fourth-order valence-electron chi connectivity index (χ4n) is 3.89. The first-order valence-corrected chi connectivity index (χ1v) is 11.6. The highest BCUT2D eigenvalue weighted by Crippen LogP contribution is 2.30. The fraction of sp³-hybridized carbons (Fsp3) is 0.276. The lowest BCUT2D eigenvalue weighted by Crippen LogP contribution is -2.23. The summed E-state index contributed by atoms with van der Waals surface area (Å²) in [7, 11) is 0. The Kier molecular flexibility index (Phi) is 8.88. The number of aliphatic hydroxyl groups is 1. The SMILES string of the molecule is C/C(=C\C=C/COCc1cc(C)cc(N)c1)NC(=O)Cc1ccc(C2=CC=C(O)[C@H](C)C2)cc1. The first-order chi connectivity index (χ1) is 16.3. The number of amides is 1. The minimum atomic E-state index is -0.0541. The molecule has 0 saturated carbocycles. The molecule has 1 aliphatic rings. The van der Waals surface area contributed by atoms with E-state index in [2.05, 4.69) is 11.4 Å². The highest BCUT2D eigenvalue weighted by molar-refractivity contribution is 5.80. The normalized spacial score (nSPS) is 16.3. The molecular formula is C29H34N2O3. The molecule has 0 aliphatic heterocycles. The topological polar surface area (TPSA) is 84.6 Å². The van der Waals surface area contributed by atoms with Gasteiger partial charge in [-0.15, -0.1) is 0 Å². The van der Waals surface area contributed by atoms with E-state index in [0.717, 1.165) is 40.1 Å². The summed E-state index contributed by atoms with van der Waals surface area (Å²) in [5.74, 6) is 0.505. The molecule has 4 N–H and O–H groups in total. The molecule has 5 heteroatoms. The van der Waals surface area contributed by atoms with Crippen molar-refractivity contribution in [3.05, 3.63) is 107 Å². The van der Waals surface area contributed by atoms with Crippen LogP contribution in [0.1, 0.15) is 42.5 Å². The van der Waals surface area contributed by atoms with Crippen LogP contribution in [0.5, 0.6) is 0 Å². The largest absolute Gasteiger partial charge is 0.512 e. The van der Waals surface area contributed by atoms with E-state index in [1.54, 1.807) is 6.08 Å². The Hall–Kier alpha value is -3.57. The summed E-state index contributed by atoms with van der Waals surface area (Å²) >= 11 is 0. The molecule has 0 fully saturated rings. The third-order valence-electron chi connectivity index (χ3n) is 5.64. The Balaban J connectivity index is 1.41. The number of nitrogens with two attached hydrogens (primary N) is 1. The third-order valence-corrected chi connectivity index (χ3v) is 5.64. The third kappa shape index (κ3) is 7.78. The monoisotopic (exact) mass is 458 g/mol. The number of carbonyl (C=O) groups is 1. The number of aliphatic hydroxyl groups excluding tert-OH is 1. The second-order valence-electron chi connectivity index (χ2n) is 8.86. The van der Waals surface area contributed by atoms with Gasteiger partial charge in [-0.1, -0.05) is 55.5 Å². The fourth-order valence-corrected chi connectivity index (χ4v) is 3.89. The van der Waals surface area contributed by atoms with Crippen LogP contribution in [0, 0.1) is 12.8 Å². The second-order valence-corrected chi connectivity index (χ2v) is 8.86. The second kappa shape index (κ2) is 12.1. The maximum absolute atomic E-state index is 12.4. The van der Waals surface area contributed by atoms with Crippen molar-refractivity contribution in [1.82, 2.24) is 5.32 Å². The summed E-state index contributed by atoms with van der Waals surface area (Å²) in [5.41, 5.74) is 12.8. The van der Waals surface area contributed by atoms with Gasteiger partial charge in [0.15, 0.2) is 0 Å². The maximum Gasteiger partial charge on any atom is 0.228 e. The van der Waals surface area contributed by atoms with Crippen LogP contribution in [0.15, 0.2) is 84.3 Å². The van der Waals surface area contributed by atoms with Crippen LogP contribution in [0.2, 0.25) is 0 Å². The van der Waals surface area contributed by atoms with E-state index in [1.165, 1.54) is 5.57 Å². The predicted octanol–water partition coefficient (Wildman–Crippen LogP) is 5.78. The molecule has 1 aliphatic carbocycles. The average Bonchev–Trinajstić information content (AvgIpc) is 2.78. The van der Waals surface area contributed by atoms with E-state index < -0.39 is 0 Å². The molecule has 1 amide bonds. The van der Waals surface area contributed by atoms with Gasteiger partial charge in [0.25, 0.3) is 0 Å². The molecule has 2 aromatic carbocycles. The smallest absolute Gasteiger partial charge is 0.228 e. The van der Waals surface area contributed by atoms with Crippen molar-refractivity contribution >= 4 is 17.2 Å². The van der Waals surface area contributed by atoms with Crippen LogP contribution in [-0.2, 0) is 22.6 Å². The van der Waals surface area contributed by atoms with E-state index in [9.17, 15) is 9.90 Å². The van der Waals surface area contributed by atoms with Gasteiger partial charge < -0.3 is 20.9 Å². The van der Waals surface area contributed by atoms with Gasteiger partial charge >= 0.3 is 0 Å². The molecule has 3 rings (SSSR count). The summed E-state index contributed by atoms with van der Waals surface area (Å²) < 4.78 is 5.66. The molecular weight excluding hydrogens is 424 g/mol. The number of aryl methyl sites for hydroxylation is 1. The minimum absolute atomic E-state index is 0.0541. The summed E-state index contributed by atoms with van der Waals surface area (Å²) in [6, 6.07) is 13.9. The van der Waals surface area contributed by atoms with Crippen molar-refractivity contribution in [2.75, 3.05) is 12.3 Å². The van der Waals surface area contributed by atoms with E-state index >= 15 is 0 Å². The number of hydrogen-bond acceptors (Lipinski definition) is 4. The van der Waals surface area contributed by atoms with Gasteiger partial charge in [-0.2, -0.15) is 0 Å². The van der Waals surface area contributed by atoms with Crippen molar-refractivity contribution in [1.29, 1.82) is 0 Å². The molecule has 34 heavy (non-hydrogen) atoms. The zero-order chi connectivity index (χ0) is 24.5. The van der Waals surface area contributed by atoms with Crippen LogP contribution >= 0.6 is 0 Å². The van der Waals surface area contributed by atoms with Gasteiger partial charge in [0.2, 0.25) is 5.91 Å². The molecule has 0 bridgehead atoms. The van der Waals surface area contributed by atoms with Crippen molar-refractivity contribution in [3.63, 3.8) is 0 Å². The lowest BCUT2D eigenvalue weighted by atomic mass is 9.89. The number of benzene rings is 2. The Morgan fingerprint density at radius 2 is 1.94 bits per heavy atom. The molecule has 0 radical (unpaired) electrons. The van der Waals surface area contributed by atoms with E-state index in [0.29, 0.717) is 25.4 Å². The van der Waals surface area contributed by atoms with Crippen LogP contribution in [-0.4, -0.2) is 17.6 Å². The van der Waals surface area contributed by atoms with Crippen LogP contribution < -0.4 is 11.1 Å². The van der Waals surface area contributed by atoms with Gasteiger partial charge in [-0.05, 0) is 72.4 Å². The van der Waals surface area contributed by atoms with Gasteiger partial charge in [-0.3, -0.25) is 4.79 Å². The number of allylic oxidation sites excluding steroid dienone is 7. The summed E-state index contributed by atoms with van der Waals surface area (Å²) in [6.07, 6.45) is 10.5. The molecule has 0 saturated heterocycles. The van der Waals surface area contributed by atoms with Crippen molar-refractivity contribution < 1.29 is 14.6 Å². The lowest BCUT2D eigenvalue weighted by molar-refractivity contribution is -0.119. The number of nitrogen functional groups attached to an aromatic ring is 1. The Morgan fingerprint density at radius 3 is 2.65 bits per heavy atom. The highest BCUT2D eigenvalue weighted by Gasteiger charge is 2.15.